The van der Waals surface area contributed by atoms with Crippen LogP contribution in [0.1, 0.15) is 45.2 Å². The van der Waals surface area contributed by atoms with Crippen LogP contribution in [0.25, 0.3) is 0 Å². The van der Waals surface area contributed by atoms with Gasteiger partial charge in [0.25, 0.3) is 5.91 Å². The fourth-order valence-corrected chi connectivity index (χ4v) is 3.54. The monoisotopic (exact) mass is 399 g/mol. The Morgan fingerprint density at radius 1 is 1.17 bits per heavy atom. The van der Waals surface area contributed by atoms with Gasteiger partial charge in [0.15, 0.2) is 17.6 Å². The van der Waals surface area contributed by atoms with Crippen LogP contribution in [0.2, 0.25) is 0 Å². The summed E-state index contributed by atoms with van der Waals surface area (Å²) < 4.78 is 22.8. The summed E-state index contributed by atoms with van der Waals surface area (Å²) in [6.07, 6.45) is 0.539. The van der Waals surface area contributed by atoms with Gasteiger partial charge in [0.2, 0.25) is 0 Å². The number of para-hydroxylation sites is 2. The van der Waals surface area contributed by atoms with Gasteiger partial charge >= 0.3 is 0 Å². The first-order valence-electron chi connectivity index (χ1n) is 9.84. The van der Waals surface area contributed by atoms with E-state index in [0.29, 0.717) is 24.3 Å². The SMILES string of the molecule is CC[C@H](Oc1ccccc1OC)C(=O)N[C@@H]1CC(C)(C)Oc2ccc(OC)cc21. The van der Waals surface area contributed by atoms with Gasteiger partial charge < -0.3 is 24.3 Å². The predicted molar refractivity (Wildman–Crippen MR) is 111 cm³/mol. The summed E-state index contributed by atoms with van der Waals surface area (Å²) in [5, 5.41) is 3.15. The van der Waals surface area contributed by atoms with Crippen molar-refractivity contribution >= 4 is 5.91 Å². The minimum atomic E-state index is -0.633. The molecule has 6 heteroatoms. The third-order valence-corrected chi connectivity index (χ3v) is 4.99. The van der Waals surface area contributed by atoms with Gasteiger partial charge in [-0.15, -0.1) is 0 Å². The van der Waals surface area contributed by atoms with Crippen molar-refractivity contribution in [1.82, 2.24) is 5.32 Å². The second-order valence-corrected chi connectivity index (χ2v) is 7.70. The molecule has 0 fully saturated rings. The number of benzene rings is 2. The van der Waals surface area contributed by atoms with Crippen molar-refractivity contribution in [3.63, 3.8) is 0 Å². The largest absolute Gasteiger partial charge is 0.497 e. The first-order chi connectivity index (χ1) is 13.9. The second kappa shape index (κ2) is 8.64. The van der Waals surface area contributed by atoms with E-state index in [4.69, 9.17) is 18.9 Å². The minimum absolute atomic E-state index is 0.171. The first-order valence-corrected chi connectivity index (χ1v) is 9.84. The number of carbonyl (C=O) groups excluding carboxylic acids is 1. The highest BCUT2D eigenvalue weighted by atomic mass is 16.5. The molecular formula is C23H29NO5. The van der Waals surface area contributed by atoms with Crippen molar-refractivity contribution < 1.29 is 23.7 Å². The molecule has 0 spiro atoms. The molecule has 0 unspecified atom stereocenters. The summed E-state index contributed by atoms with van der Waals surface area (Å²) in [7, 11) is 3.20. The van der Waals surface area contributed by atoms with Crippen molar-refractivity contribution in [2.45, 2.75) is 51.4 Å². The van der Waals surface area contributed by atoms with Crippen molar-refractivity contribution in [3.8, 4) is 23.0 Å². The number of carbonyl (C=O) groups is 1. The van der Waals surface area contributed by atoms with Gasteiger partial charge in [-0.2, -0.15) is 0 Å². The molecule has 2 atom stereocenters. The molecule has 29 heavy (non-hydrogen) atoms. The van der Waals surface area contributed by atoms with Crippen molar-refractivity contribution in [2.75, 3.05) is 14.2 Å². The maximum absolute atomic E-state index is 13.1. The Bertz CT molecular complexity index is 864. The molecule has 1 aliphatic rings. The summed E-state index contributed by atoms with van der Waals surface area (Å²) in [5.41, 5.74) is 0.509. The standard InChI is InChI=1S/C23H29NO5/c1-6-18(28-21-10-8-7-9-20(21)27-5)22(25)24-17-14-23(2,3)29-19-12-11-15(26-4)13-16(17)19/h7-13,17-18H,6,14H2,1-5H3,(H,24,25)/t17-,18+/m1/s1. The van der Waals surface area contributed by atoms with E-state index in [9.17, 15) is 4.79 Å². The van der Waals surface area contributed by atoms with Gasteiger partial charge in [-0.05, 0) is 50.6 Å². The van der Waals surface area contributed by atoms with E-state index in [0.717, 1.165) is 17.1 Å². The number of nitrogens with one attached hydrogen (secondary N) is 1. The van der Waals surface area contributed by atoms with E-state index < -0.39 is 11.7 Å². The van der Waals surface area contributed by atoms with E-state index in [2.05, 4.69) is 5.32 Å². The molecule has 2 aromatic carbocycles. The van der Waals surface area contributed by atoms with Gasteiger partial charge in [-0.1, -0.05) is 19.1 Å². The summed E-state index contributed by atoms with van der Waals surface area (Å²) >= 11 is 0. The van der Waals surface area contributed by atoms with Crippen LogP contribution in [0, 0.1) is 0 Å². The Labute approximate surface area is 172 Å². The molecule has 0 aliphatic carbocycles. The zero-order chi connectivity index (χ0) is 21.0. The summed E-state index contributed by atoms with van der Waals surface area (Å²) in [6, 6.07) is 12.8. The molecule has 0 saturated heterocycles. The van der Waals surface area contributed by atoms with E-state index in [-0.39, 0.29) is 11.9 Å². The number of fused-ring (bicyclic) bond motifs is 1. The molecule has 1 heterocycles. The van der Waals surface area contributed by atoms with Crippen molar-refractivity contribution in [3.05, 3.63) is 48.0 Å². The van der Waals surface area contributed by atoms with Gasteiger partial charge in [0.05, 0.1) is 20.3 Å². The molecule has 6 nitrogen and oxygen atoms in total. The van der Waals surface area contributed by atoms with Crippen LogP contribution < -0.4 is 24.3 Å². The lowest BCUT2D eigenvalue weighted by Gasteiger charge is -2.38. The summed E-state index contributed by atoms with van der Waals surface area (Å²) in [4.78, 5) is 13.1. The lowest BCUT2D eigenvalue weighted by molar-refractivity contribution is -0.129. The first kappa shape index (κ1) is 20.8. The molecule has 1 aliphatic heterocycles. The normalized spacial score (nSPS) is 18.0. The predicted octanol–water partition coefficient (Wildman–Crippen LogP) is 4.28. The number of ether oxygens (including phenoxy) is 4. The molecule has 156 valence electrons. The Hall–Kier alpha value is -2.89. The molecule has 0 aromatic heterocycles. The maximum Gasteiger partial charge on any atom is 0.261 e. The van der Waals surface area contributed by atoms with Crippen LogP contribution in [0.4, 0.5) is 0 Å². The van der Waals surface area contributed by atoms with Crippen LogP contribution in [0.5, 0.6) is 23.0 Å². The smallest absolute Gasteiger partial charge is 0.261 e. The zero-order valence-electron chi connectivity index (χ0n) is 17.7. The molecule has 0 bridgehead atoms. The molecule has 1 amide bonds. The van der Waals surface area contributed by atoms with Crippen LogP contribution >= 0.6 is 0 Å². The van der Waals surface area contributed by atoms with Crippen molar-refractivity contribution in [1.29, 1.82) is 0 Å². The van der Waals surface area contributed by atoms with E-state index in [1.54, 1.807) is 20.3 Å². The topological polar surface area (TPSA) is 66.0 Å². The average molecular weight is 399 g/mol. The van der Waals surface area contributed by atoms with Crippen LogP contribution in [-0.2, 0) is 4.79 Å². The molecule has 3 rings (SSSR count). The second-order valence-electron chi connectivity index (χ2n) is 7.70. The highest BCUT2D eigenvalue weighted by Crippen LogP contribution is 2.41. The highest BCUT2D eigenvalue weighted by molar-refractivity contribution is 5.81. The van der Waals surface area contributed by atoms with E-state index in [1.807, 2.05) is 57.2 Å². The average Bonchev–Trinajstić information content (AvgIpc) is 2.71. The fraction of sp³-hybridized carbons (Fsp3) is 0.435. The number of methoxy groups -OCH3 is 2. The van der Waals surface area contributed by atoms with Crippen molar-refractivity contribution in [2.24, 2.45) is 0 Å². The maximum atomic E-state index is 13.1. The minimum Gasteiger partial charge on any atom is -0.497 e. The van der Waals surface area contributed by atoms with Crippen LogP contribution in [0.3, 0.4) is 0 Å². The molecule has 0 saturated carbocycles. The Kier molecular flexibility index (Phi) is 6.20. The quantitative estimate of drug-likeness (QED) is 0.753. The molecular weight excluding hydrogens is 370 g/mol. The third kappa shape index (κ3) is 4.75. The molecule has 2 aromatic rings. The number of hydrogen-bond acceptors (Lipinski definition) is 5. The third-order valence-electron chi connectivity index (χ3n) is 4.99. The van der Waals surface area contributed by atoms with Gasteiger partial charge in [-0.3, -0.25) is 4.79 Å². The Morgan fingerprint density at radius 2 is 1.90 bits per heavy atom. The number of rotatable bonds is 7. The highest BCUT2D eigenvalue weighted by Gasteiger charge is 2.36. The van der Waals surface area contributed by atoms with E-state index >= 15 is 0 Å². The lowest BCUT2D eigenvalue weighted by atomic mass is 9.89. The molecule has 1 N–H and O–H groups in total. The molecule has 0 radical (unpaired) electrons. The zero-order valence-corrected chi connectivity index (χ0v) is 17.7. The van der Waals surface area contributed by atoms with Crippen LogP contribution in [0.15, 0.2) is 42.5 Å². The van der Waals surface area contributed by atoms with Gasteiger partial charge in [0, 0.05) is 12.0 Å². The van der Waals surface area contributed by atoms with Gasteiger partial charge in [-0.25, -0.2) is 0 Å². The fourth-order valence-electron chi connectivity index (χ4n) is 3.54. The Morgan fingerprint density at radius 3 is 2.55 bits per heavy atom. The lowest BCUT2D eigenvalue weighted by Crippen LogP contribution is -2.45. The van der Waals surface area contributed by atoms with E-state index in [1.165, 1.54) is 0 Å². The van der Waals surface area contributed by atoms with Gasteiger partial charge in [0.1, 0.15) is 17.1 Å². The number of amides is 1. The summed E-state index contributed by atoms with van der Waals surface area (Å²) in [6.45, 7) is 5.95. The summed E-state index contributed by atoms with van der Waals surface area (Å²) in [5.74, 6) is 2.46. The van der Waals surface area contributed by atoms with Crippen LogP contribution in [-0.4, -0.2) is 31.8 Å². The Balaban J connectivity index is 1.81. The number of hydrogen-bond donors (Lipinski definition) is 1.